The van der Waals surface area contributed by atoms with Crippen LogP contribution >= 0.6 is 0 Å². The monoisotopic (exact) mass is 1430 g/mol. The van der Waals surface area contributed by atoms with E-state index in [0.717, 1.165) is 22.3 Å². The predicted molar refractivity (Wildman–Crippen MR) is 388 cm³/mol. The van der Waals surface area contributed by atoms with Gasteiger partial charge in [-0.1, -0.05) is 152 Å². The van der Waals surface area contributed by atoms with Gasteiger partial charge < -0.3 is 86.5 Å². The van der Waals surface area contributed by atoms with E-state index < -0.39 is 88.8 Å². The second-order valence-electron chi connectivity index (χ2n) is 26.8. The molecule has 0 saturated carbocycles. The molecule has 5 aromatic rings. The number of alkyl carbamates (subject to hydrolysis) is 1. The number of nitrogens with one attached hydrogen (secondary N) is 5. The smallest absolute Gasteiger partial charge is 0.408 e. The van der Waals surface area contributed by atoms with E-state index in [1.54, 1.807) is 83.1 Å². The van der Waals surface area contributed by atoms with E-state index in [0.29, 0.717) is 32.7 Å². The maximum atomic E-state index is 12.2. The molecule has 0 aliphatic rings. The van der Waals surface area contributed by atoms with Crippen LogP contribution in [0.25, 0.3) is 0 Å². The molecule has 0 heterocycles. The maximum Gasteiger partial charge on any atom is 0.408 e. The molecule has 5 atom stereocenters. The van der Waals surface area contributed by atoms with E-state index in [1.807, 2.05) is 152 Å². The van der Waals surface area contributed by atoms with Crippen molar-refractivity contribution >= 4 is 53.6 Å². The van der Waals surface area contributed by atoms with Gasteiger partial charge in [0.15, 0.2) is 0 Å². The third kappa shape index (κ3) is 49.4. The van der Waals surface area contributed by atoms with Gasteiger partial charge in [0, 0.05) is 54.1 Å². The molecular weight excluding hydrogens is 1310 g/mol. The second kappa shape index (κ2) is 51.1. The highest BCUT2D eigenvalue weighted by atomic mass is 16.6. The third-order valence-electron chi connectivity index (χ3n) is 12.7. The Balaban J connectivity index is 0.00000123. The van der Waals surface area contributed by atoms with E-state index in [1.165, 1.54) is 26.9 Å². The number of aliphatic carboxylic acids is 1. The number of carbonyl (C=O) groups excluding carboxylic acids is 8. The van der Waals surface area contributed by atoms with Crippen LogP contribution in [0.2, 0.25) is 0 Å². The zero-order chi connectivity index (χ0) is 77.3. The van der Waals surface area contributed by atoms with Crippen LogP contribution < -0.4 is 38.1 Å². The van der Waals surface area contributed by atoms with Gasteiger partial charge in [0.05, 0.1) is 70.1 Å². The van der Waals surface area contributed by atoms with Gasteiger partial charge in [-0.2, -0.15) is 0 Å². The summed E-state index contributed by atoms with van der Waals surface area (Å²) >= 11 is 0. The fourth-order valence-electron chi connectivity index (χ4n) is 8.00. The van der Waals surface area contributed by atoms with Crippen molar-refractivity contribution in [3.05, 3.63) is 179 Å². The molecule has 0 aliphatic heterocycles. The van der Waals surface area contributed by atoms with Crippen molar-refractivity contribution in [3.63, 3.8) is 0 Å². The highest BCUT2D eigenvalue weighted by Gasteiger charge is 2.29. The Labute approximate surface area is 602 Å². The summed E-state index contributed by atoms with van der Waals surface area (Å²) in [5.74, 6) is -6.20. The van der Waals surface area contributed by atoms with Gasteiger partial charge in [-0.25, -0.2) is 4.79 Å². The molecule has 0 fully saturated rings. The zero-order valence-electron chi connectivity index (χ0n) is 62.0. The largest absolute Gasteiger partial charge is 0.481 e. The number of aliphatic hydroxyl groups excluding tert-OH is 2. The Hall–Kier alpha value is -9.15. The fraction of sp³-hybridized carbons (Fsp3) is 0.487. The average molecular weight is 1430 g/mol. The molecule has 0 saturated heterocycles. The lowest BCUT2D eigenvalue weighted by Gasteiger charge is -2.23. The average Bonchev–Trinajstić information content (AvgIpc) is 0.925. The van der Waals surface area contributed by atoms with Gasteiger partial charge >= 0.3 is 30.0 Å². The van der Waals surface area contributed by atoms with E-state index in [2.05, 4.69) is 26.6 Å². The van der Waals surface area contributed by atoms with Crippen LogP contribution in [0.5, 0.6) is 0 Å². The van der Waals surface area contributed by atoms with Crippen molar-refractivity contribution in [2.24, 2.45) is 29.2 Å². The van der Waals surface area contributed by atoms with Crippen LogP contribution in [0.4, 0.5) is 4.79 Å². The Morgan fingerprint density at radius 1 is 0.382 bits per heavy atom. The summed E-state index contributed by atoms with van der Waals surface area (Å²) in [6, 6.07) is 46.8. The summed E-state index contributed by atoms with van der Waals surface area (Å²) in [7, 11) is 4.49. The number of carboxylic acids is 1. The molecule has 5 rings (SSSR count). The molecule has 5 amide bonds. The number of carbonyl (C=O) groups is 9. The normalized spacial score (nSPS) is 12.3. The molecule has 0 bridgehead atoms. The molecule has 102 heavy (non-hydrogen) atoms. The van der Waals surface area contributed by atoms with Crippen molar-refractivity contribution in [2.75, 3.05) is 54.4 Å². The fourth-order valence-corrected chi connectivity index (χ4v) is 8.00. The minimum Gasteiger partial charge on any atom is -0.481 e. The lowest BCUT2D eigenvalue weighted by Crippen LogP contribution is -2.50. The first kappa shape index (κ1) is 92.8. The molecule has 0 aromatic heterocycles. The quantitative estimate of drug-likeness (QED) is 0.0162. The number of hydrogen-bond donors (Lipinski definition) is 10. The minimum absolute atomic E-state index is 0.00569. The van der Waals surface area contributed by atoms with Crippen LogP contribution in [0.3, 0.4) is 0 Å². The molecule has 566 valence electrons. The molecular formula is C76H113N7O19. The molecule has 0 unspecified atom stereocenters. The van der Waals surface area contributed by atoms with Crippen molar-refractivity contribution in [2.45, 2.75) is 170 Å². The van der Waals surface area contributed by atoms with Crippen LogP contribution in [0.15, 0.2) is 152 Å². The maximum absolute atomic E-state index is 12.2. The molecule has 0 aliphatic carbocycles. The number of nitrogens with two attached hydrogens (primary N) is 2. The lowest BCUT2D eigenvalue weighted by molar-refractivity contribution is -0.160. The molecule has 26 heteroatoms. The van der Waals surface area contributed by atoms with Crippen molar-refractivity contribution in [3.8, 4) is 0 Å². The summed E-state index contributed by atoms with van der Waals surface area (Å²) in [6.45, 7) is 22.9. The number of rotatable bonds is 29. The molecule has 26 nitrogen and oxygen atoms in total. The van der Waals surface area contributed by atoms with Gasteiger partial charge in [0.25, 0.3) is 0 Å². The van der Waals surface area contributed by atoms with E-state index in [4.69, 9.17) is 54.8 Å². The number of hydrogen-bond acceptors (Lipinski definition) is 20. The number of aliphatic hydroxyl groups is 2. The van der Waals surface area contributed by atoms with Crippen LogP contribution in [0, 0.1) is 17.8 Å². The highest BCUT2D eigenvalue weighted by molar-refractivity contribution is 5.86. The van der Waals surface area contributed by atoms with Crippen LogP contribution in [0.1, 0.15) is 130 Å². The number of benzene rings is 5. The number of esters is 3. The number of carboxylic acid groups (broad SMARTS) is 1. The van der Waals surface area contributed by atoms with Crippen molar-refractivity contribution in [1.82, 2.24) is 26.6 Å². The van der Waals surface area contributed by atoms with E-state index in [-0.39, 0.29) is 69.3 Å². The third-order valence-corrected chi connectivity index (χ3v) is 12.7. The van der Waals surface area contributed by atoms with E-state index in [9.17, 15) is 48.3 Å². The molecule has 0 spiro atoms. The summed E-state index contributed by atoms with van der Waals surface area (Å²) in [6.07, 6.45) is -1.08. The summed E-state index contributed by atoms with van der Waals surface area (Å²) in [4.78, 5) is 105. The number of amides is 5. The Morgan fingerprint density at radius 3 is 0.951 bits per heavy atom. The highest BCUT2D eigenvalue weighted by Crippen LogP contribution is 2.16. The second-order valence-corrected chi connectivity index (χ2v) is 26.8. The zero-order valence-corrected chi connectivity index (χ0v) is 62.0. The van der Waals surface area contributed by atoms with Gasteiger partial charge in [-0.3, -0.25) is 38.4 Å². The van der Waals surface area contributed by atoms with Crippen molar-refractivity contribution in [1.29, 1.82) is 0 Å². The number of ether oxygens (including phenoxy) is 7. The Kier molecular flexibility index (Phi) is 46.5. The minimum atomic E-state index is -1.20. The SMILES string of the molecule is CC(C)(C)OC(=O)C[C@H](CO)C(=O)NCc1ccccc1.CC(C)(C)OC(=O)C[C@H](CO)C(=O)O.COC[C@@H](CC(=O)OC(C)(C)C)C(=O)NCc1ccccc1.COC[C@@H](N)C(=O)NCc1ccccc1.COC[C@@H](NC(=O)OC(C)(C)C)C(=O)NCc1ccccc1.NCc1ccccc1. The summed E-state index contributed by atoms with van der Waals surface area (Å²) < 4.78 is 35.3. The Morgan fingerprint density at radius 2 is 0.667 bits per heavy atom. The van der Waals surface area contributed by atoms with Crippen LogP contribution in [-0.2, 0) is 104 Å². The lowest BCUT2D eigenvalue weighted by atomic mass is 10.1. The molecule has 5 aromatic carbocycles. The van der Waals surface area contributed by atoms with Gasteiger partial charge in [0.2, 0.25) is 23.6 Å². The summed E-state index contributed by atoms with van der Waals surface area (Å²) in [5.41, 5.74) is 13.7. The molecule has 0 radical (unpaired) electrons. The standard InChI is InChI=1S/C17H25NO4.C16H24N2O4.C16H23NO4.C11H16N2O2.C9H16O5.C7H9N/c1-17(2,3)22-15(19)10-14(12-21-4)16(20)18-11-13-8-6-5-7-9-13;1-16(2,3)22-15(20)18-13(11-21-4)14(19)17-10-12-8-6-5-7-9-12;1-16(2,3)21-14(19)9-13(11-18)15(20)17-10-12-7-5-4-6-8-12;1-15-8-10(12)11(14)13-7-9-5-3-2-4-6-9;1-9(2,3)14-7(11)4-6(5-10)8(12)13;8-6-7-4-2-1-3-5-7/h5-9,14H,10-12H2,1-4H3,(H,18,20);5-9,13H,10-11H2,1-4H3,(H,17,19)(H,18,20);4-8,13,18H,9-11H2,1-3H3,(H,17,20);2-6,10H,7-8,12H2,1H3,(H,13,14);6,10H,4-5H2,1-3H3,(H,12,13);1-5H,6,8H2/t14-;2*13-;10-;6-;/m11111./s1. The summed E-state index contributed by atoms with van der Waals surface area (Å²) in [5, 5.41) is 40.0. The first-order valence-corrected chi connectivity index (χ1v) is 33.2. The van der Waals surface area contributed by atoms with Gasteiger partial charge in [-0.15, -0.1) is 0 Å². The molecule has 12 N–H and O–H groups in total. The first-order valence-electron chi connectivity index (χ1n) is 33.2. The number of methoxy groups -OCH3 is 3. The Bertz CT molecular complexity index is 3070. The topological polar surface area (TPSA) is 391 Å². The van der Waals surface area contributed by atoms with Gasteiger partial charge in [-0.05, 0) is 111 Å². The van der Waals surface area contributed by atoms with Crippen LogP contribution in [-0.4, -0.2) is 158 Å². The first-order chi connectivity index (χ1) is 47.9. The predicted octanol–water partition coefficient (Wildman–Crippen LogP) is 7.62. The van der Waals surface area contributed by atoms with E-state index >= 15 is 0 Å². The van der Waals surface area contributed by atoms with Gasteiger partial charge in [0.1, 0.15) is 34.5 Å². The van der Waals surface area contributed by atoms with Crippen molar-refractivity contribution < 1.29 is 91.6 Å².